The Kier molecular flexibility index (Phi) is 29.4. The van der Waals surface area contributed by atoms with Crippen molar-refractivity contribution in [1.82, 2.24) is 29.8 Å². The SMILES string of the molecule is NC(=O)[C@H](CCCN=C(N)N)CCC(=O)COCCOCCCC(=O)CN(CCNC(=O)[C@H](OC(=O)CCN1C(=O)C=CC1=O)[C@@H](OC(=O)CCN1C(=O)C=CC1=O)C(=O)O)C(=O)[C@H](OC(=O)CCN1C(=O)C=CC1=O)[C@@H](OC(=O)CCN1C(=O)C=CC1=O)C(=O)O. The van der Waals surface area contributed by atoms with Gasteiger partial charge in [-0.25, -0.2) is 9.59 Å². The lowest BCUT2D eigenvalue weighted by Crippen LogP contribution is -2.55. The predicted octanol–water partition coefficient (Wildman–Crippen LogP) is -6.11. The van der Waals surface area contributed by atoms with Gasteiger partial charge < -0.3 is 66.1 Å². The number of primary amides is 1. The van der Waals surface area contributed by atoms with Crippen molar-refractivity contribution in [2.24, 2.45) is 28.1 Å². The third kappa shape index (κ3) is 24.0. The fourth-order valence-electron chi connectivity index (χ4n) is 8.51. The van der Waals surface area contributed by atoms with E-state index in [-0.39, 0.29) is 64.0 Å². The number of hydrogen-bond acceptors (Lipinski definition) is 26. The number of carbonyl (C=O) groups is 19. The lowest BCUT2D eigenvalue weighted by molar-refractivity contribution is -0.185. The number of nitrogens with zero attached hydrogens (tertiary/aromatic N) is 6. The molecule has 0 aromatic heterocycles. The van der Waals surface area contributed by atoms with Crippen molar-refractivity contribution >= 4 is 118 Å². The van der Waals surface area contributed by atoms with Gasteiger partial charge in [0, 0.05) is 120 Å². The molecule has 0 aromatic carbocycles. The number of rotatable bonds is 44. The number of nitrogens with one attached hydrogen (secondary N) is 1. The standard InChI is InChI=1S/C55H66N10O27/c56-50(80)31(3-1-19-60-55(57)58)5-6-33(67)30-88-28-27-87-26-2-4-32(66)29-61(52(82)47(90-43(77)16-22-63-36(70)9-10-37(63)71)49(54(85)86)92-45(79)18-24-65-40(74)13-14-41(65)75)25-20-59-51(81)46(89-42(76)15-21-62-34(68)7-8-35(62)69)48(53(83)84)91-44(78)17-23-64-38(72)11-12-39(64)73/h7-14,31,46-49H,1-6,15-30H2,(H2,56,80)(H,59,81)(H,83,84)(H,85,86)(H4,57,58,60)/t31-,46-,47-,48-,49-/m1/s1. The van der Waals surface area contributed by atoms with E-state index in [1.807, 2.05) is 0 Å². The summed E-state index contributed by atoms with van der Waals surface area (Å²) in [4.78, 5) is 249. The van der Waals surface area contributed by atoms with E-state index in [1.54, 1.807) is 0 Å². The summed E-state index contributed by atoms with van der Waals surface area (Å²) in [7, 11) is 0. The monoisotopic (exact) mass is 1300 g/mol. The smallest absolute Gasteiger partial charge is 0.349 e. The molecule has 0 spiro atoms. The third-order valence-electron chi connectivity index (χ3n) is 13.3. The molecule has 0 saturated heterocycles. The number of hydrogen-bond donors (Lipinski definition) is 6. The number of ether oxygens (including phenoxy) is 6. The number of aliphatic imine (C=N–C) groups is 1. The van der Waals surface area contributed by atoms with Crippen LogP contribution in [0.3, 0.4) is 0 Å². The first-order valence-corrected chi connectivity index (χ1v) is 28.1. The van der Waals surface area contributed by atoms with E-state index in [2.05, 4.69) is 10.3 Å². The van der Waals surface area contributed by atoms with Crippen molar-refractivity contribution in [1.29, 1.82) is 0 Å². The summed E-state index contributed by atoms with van der Waals surface area (Å²) >= 11 is 0. The lowest BCUT2D eigenvalue weighted by Gasteiger charge is -2.30. The maximum absolute atomic E-state index is 14.7. The van der Waals surface area contributed by atoms with Crippen LogP contribution in [0.4, 0.5) is 0 Å². The van der Waals surface area contributed by atoms with Crippen LogP contribution in [-0.4, -0.2) is 256 Å². The average Bonchev–Trinajstić information content (AvgIpc) is 1.42. The maximum Gasteiger partial charge on any atom is 0.349 e. The van der Waals surface area contributed by atoms with E-state index in [4.69, 9.17) is 45.6 Å². The fraction of sp³-hybridized carbons (Fsp3) is 0.491. The van der Waals surface area contributed by atoms with Gasteiger partial charge in [-0.05, 0) is 25.7 Å². The molecule has 92 heavy (non-hydrogen) atoms. The summed E-state index contributed by atoms with van der Waals surface area (Å²) in [5.41, 5.74) is 16.1. The van der Waals surface area contributed by atoms with Crippen LogP contribution in [-0.2, 0) is 120 Å². The van der Waals surface area contributed by atoms with Gasteiger partial charge in [-0.15, -0.1) is 0 Å². The van der Waals surface area contributed by atoms with E-state index >= 15 is 0 Å². The van der Waals surface area contributed by atoms with Crippen LogP contribution in [0.25, 0.3) is 0 Å². The largest absolute Gasteiger partial charge is 0.478 e. The van der Waals surface area contributed by atoms with Crippen LogP contribution in [0.15, 0.2) is 53.6 Å². The first-order chi connectivity index (χ1) is 43.6. The first-order valence-electron chi connectivity index (χ1n) is 28.1. The molecule has 4 heterocycles. The maximum atomic E-state index is 14.7. The second-order valence-corrected chi connectivity index (χ2v) is 19.9. The number of carboxylic acids is 2. The highest BCUT2D eigenvalue weighted by molar-refractivity contribution is 6.15. The molecule has 0 radical (unpaired) electrons. The molecule has 0 unspecified atom stereocenters. The number of nitrogens with two attached hydrogens (primary N) is 3. The highest BCUT2D eigenvalue weighted by Gasteiger charge is 2.45. The van der Waals surface area contributed by atoms with Crippen molar-refractivity contribution < 1.29 is 130 Å². The Morgan fingerprint density at radius 2 is 0.870 bits per heavy atom. The van der Waals surface area contributed by atoms with Gasteiger partial charge in [-0.2, -0.15) is 0 Å². The van der Waals surface area contributed by atoms with Crippen molar-refractivity contribution in [2.45, 2.75) is 88.6 Å². The number of carbonyl (C=O) groups excluding carboxylic acids is 17. The van der Waals surface area contributed by atoms with Crippen LogP contribution in [0.1, 0.15) is 64.2 Å². The number of aliphatic carboxylic acids is 2. The van der Waals surface area contributed by atoms with Crippen LogP contribution < -0.4 is 22.5 Å². The van der Waals surface area contributed by atoms with E-state index in [9.17, 15) is 101 Å². The Hall–Kier alpha value is -10.7. The molecule has 5 atom stereocenters. The molecule has 9 N–H and O–H groups in total. The van der Waals surface area contributed by atoms with Gasteiger partial charge in [-0.3, -0.25) is 106 Å². The molecule has 0 fully saturated rings. The zero-order chi connectivity index (χ0) is 68.2. The summed E-state index contributed by atoms with van der Waals surface area (Å²) in [6.45, 7) is -6.27. The summed E-state index contributed by atoms with van der Waals surface area (Å²) in [5.74, 6) is -23.1. The number of guanidine groups is 1. The molecular weight excluding hydrogens is 1230 g/mol. The Morgan fingerprint density at radius 1 is 0.478 bits per heavy atom. The van der Waals surface area contributed by atoms with Gasteiger partial charge in [0.15, 0.2) is 17.5 Å². The highest BCUT2D eigenvalue weighted by Crippen LogP contribution is 2.18. The second-order valence-electron chi connectivity index (χ2n) is 19.9. The molecule has 4 aliphatic rings. The topological polar surface area (TPSA) is 539 Å². The van der Waals surface area contributed by atoms with Gasteiger partial charge in [0.1, 0.15) is 6.61 Å². The van der Waals surface area contributed by atoms with Crippen molar-refractivity contribution in [3.8, 4) is 0 Å². The zero-order valence-electron chi connectivity index (χ0n) is 49.1. The molecule has 11 amide bonds. The molecular formula is C55H66N10O27. The molecule has 0 aliphatic carbocycles. The number of amides is 11. The number of esters is 4. The number of Topliss-reactive ketones (excluding diaryl/α,β-unsaturated/α-hetero) is 2. The minimum Gasteiger partial charge on any atom is -0.478 e. The molecule has 0 bridgehead atoms. The molecule has 4 rings (SSSR count). The van der Waals surface area contributed by atoms with Gasteiger partial charge in [-0.1, -0.05) is 0 Å². The van der Waals surface area contributed by atoms with E-state index in [0.29, 0.717) is 37.3 Å². The Morgan fingerprint density at radius 3 is 1.27 bits per heavy atom. The van der Waals surface area contributed by atoms with E-state index < -0.39 is 215 Å². The number of ketones is 2. The van der Waals surface area contributed by atoms with Crippen LogP contribution in [0.5, 0.6) is 0 Å². The van der Waals surface area contributed by atoms with Crippen LogP contribution in [0, 0.1) is 5.92 Å². The van der Waals surface area contributed by atoms with Crippen molar-refractivity contribution in [3.05, 3.63) is 48.6 Å². The van der Waals surface area contributed by atoms with E-state index in [1.165, 1.54) is 0 Å². The molecule has 37 nitrogen and oxygen atoms in total. The van der Waals surface area contributed by atoms with Crippen molar-refractivity contribution in [3.63, 3.8) is 0 Å². The number of carboxylic acid groups (broad SMARTS) is 2. The minimum atomic E-state index is -2.84. The normalized spacial score (nSPS) is 15.7. The van der Waals surface area contributed by atoms with E-state index in [0.717, 1.165) is 48.6 Å². The van der Waals surface area contributed by atoms with Gasteiger partial charge in [0.05, 0.1) is 45.4 Å². The summed E-state index contributed by atoms with van der Waals surface area (Å²) in [6, 6.07) is 0. The summed E-state index contributed by atoms with van der Waals surface area (Å²) in [6.07, 6.45) is -7.48. The average molecular weight is 1300 g/mol. The molecule has 0 aromatic rings. The quantitative estimate of drug-likeness (QED) is 0.00826. The van der Waals surface area contributed by atoms with Gasteiger partial charge in [0.25, 0.3) is 59.1 Å². The first kappa shape index (κ1) is 73.7. The minimum absolute atomic E-state index is 0.0413. The Bertz CT molecular complexity index is 3020. The fourth-order valence-corrected chi connectivity index (χ4v) is 8.51. The lowest BCUT2D eigenvalue weighted by atomic mass is 9.96. The Labute approximate surface area is 520 Å². The summed E-state index contributed by atoms with van der Waals surface area (Å²) < 4.78 is 31.3. The highest BCUT2D eigenvalue weighted by atomic mass is 16.6. The molecule has 4 aliphatic heterocycles. The van der Waals surface area contributed by atoms with Crippen LogP contribution in [0.2, 0.25) is 0 Å². The number of imide groups is 4. The van der Waals surface area contributed by atoms with Crippen LogP contribution >= 0.6 is 0 Å². The summed E-state index contributed by atoms with van der Waals surface area (Å²) in [5, 5.41) is 22.8. The van der Waals surface area contributed by atoms with Gasteiger partial charge in [0.2, 0.25) is 30.3 Å². The molecule has 37 heteroatoms. The second kappa shape index (κ2) is 36.7. The Balaban J connectivity index is 1.56. The van der Waals surface area contributed by atoms with Crippen molar-refractivity contribution in [2.75, 3.05) is 78.8 Å². The third-order valence-corrected chi connectivity index (χ3v) is 13.3. The predicted molar refractivity (Wildman–Crippen MR) is 299 cm³/mol. The molecule has 0 saturated carbocycles. The van der Waals surface area contributed by atoms with Gasteiger partial charge >= 0.3 is 35.8 Å². The zero-order valence-corrected chi connectivity index (χ0v) is 49.1. The molecule has 498 valence electrons.